The van der Waals surface area contributed by atoms with Crippen molar-refractivity contribution in [3.63, 3.8) is 0 Å². The lowest BCUT2D eigenvalue weighted by Gasteiger charge is -2.08. The molecule has 0 bridgehead atoms. The van der Waals surface area contributed by atoms with Crippen LogP contribution >= 0.6 is 34.3 Å². The Kier molecular flexibility index (Phi) is 5.14. The molecule has 2 aromatic heterocycles. The molecule has 0 spiro atoms. The number of fused-ring (bicyclic) bond motifs is 2. The Bertz CT molecular complexity index is 1270. The lowest BCUT2D eigenvalue weighted by molar-refractivity contribution is 0.100. The molecule has 0 radical (unpaired) electrons. The molecule has 5 nitrogen and oxygen atoms in total. The van der Waals surface area contributed by atoms with Crippen molar-refractivity contribution in [1.82, 2.24) is 4.57 Å². The Morgan fingerprint density at radius 1 is 1.14 bits per heavy atom. The topological polar surface area (TPSA) is 52.8 Å². The molecule has 1 amide bonds. The molecule has 0 unspecified atom stereocenters. The number of ether oxygens (including phenoxy) is 2. The normalized spacial score (nSPS) is 12.1. The zero-order valence-electron chi connectivity index (χ0n) is 15.5. The third-order valence-corrected chi connectivity index (χ3v) is 7.10. The number of thiophene rings is 1. The van der Waals surface area contributed by atoms with Gasteiger partial charge in [-0.25, -0.2) is 0 Å². The lowest BCUT2D eigenvalue weighted by atomic mass is 10.2. The first-order valence-corrected chi connectivity index (χ1v) is 10.6. The number of carbonyl (C=O) groups is 1. The van der Waals surface area contributed by atoms with Crippen molar-refractivity contribution in [1.29, 1.82) is 0 Å². The van der Waals surface area contributed by atoms with Gasteiger partial charge in [-0.05, 0) is 19.1 Å². The Hall–Kier alpha value is -2.35. The summed E-state index contributed by atoms with van der Waals surface area (Å²) in [5.41, 5.74) is 0.893. The van der Waals surface area contributed by atoms with Gasteiger partial charge in [0.2, 0.25) is 0 Å². The summed E-state index contributed by atoms with van der Waals surface area (Å²) in [6.45, 7) is 2.65. The van der Waals surface area contributed by atoms with Gasteiger partial charge in [0.1, 0.15) is 21.9 Å². The van der Waals surface area contributed by atoms with Gasteiger partial charge in [0.05, 0.1) is 23.9 Å². The lowest BCUT2D eigenvalue weighted by Crippen LogP contribution is -2.16. The molecule has 8 heteroatoms. The van der Waals surface area contributed by atoms with Crippen LogP contribution in [0.15, 0.2) is 41.4 Å². The van der Waals surface area contributed by atoms with E-state index in [1.54, 1.807) is 14.2 Å². The highest BCUT2D eigenvalue weighted by Gasteiger charge is 2.18. The standard InChI is InChI=1S/C20H17ClN2O3S2/c1-4-23-17-13(26-3)9-11(25-2)10-15(17)28-20(23)22-19(24)18-16(21)12-7-5-6-8-14(12)27-18/h5-10H,4H2,1-3H3. The first-order valence-electron chi connectivity index (χ1n) is 8.58. The summed E-state index contributed by atoms with van der Waals surface area (Å²) in [6, 6.07) is 11.4. The molecule has 0 saturated heterocycles. The van der Waals surface area contributed by atoms with Gasteiger partial charge in [0.25, 0.3) is 5.91 Å². The van der Waals surface area contributed by atoms with Crippen molar-refractivity contribution in [2.24, 2.45) is 4.99 Å². The smallest absolute Gasteiger partial charge is 0.291 e. The molecular weight excluding hydrogens is 416 g/mol. The molecule has 2 aromatic carbocycles. The molecular formula is C20H17ClN2O3S2. The number of halogens is 1. The molecule has 28 heavy (non-hydrogen) atoms. The highest BCUT2D eigenvalue weighted by Crippen LogP contribution is 2.36. The number of methoxy groups -OCH3 is 2. The maximum Gasteiger partial charge on any atom is 0.291 e. The average molecular weight is 433 g/mol. The molecule has 4 aromatic rings. The van der Waals surface area contributed by atoms with Crippen LogP contribution in [0.25, 0.3) is 20.3 Å². The van der Waals surface area contributed by atoms with E-state index >= 15 is 0 Å². The number of amides is 1. The minimum absolute atomic E-state index is 0.342. The summed E-state index contributed by atoms with van der Waals surface area (Å²) < 4.78 is 14.8. The van der Waals surface area contributed by atoms with Gasteiger partial charge in [-0.2, -0.15) is 4.99 Å². The van der Waals surface area contributed by atoms with E-state index in [4.69, 9.17) is 21.1 Å². The molecule has 0 aliphatic heterocycles. The largest absolute Gasteiger partial charge is 0.497 e. The van der Waals surface area contributed by atoms with Crippen LogP contribution in [0, 0.1) is 0 Å². The molecule has 0 atom stereocenters. The summed E-state index contributed by atoms with van der Waals surface area (Å²) in [7, 11) is 3.23. The number of hydrogen-bond acceptors (Lipinski definition) is 5. The second-order valence-corrected chi connectivity index (χ2v) is 8.40. The average Bonchev–Trinajstić information content (AvgIpc) is 3.24. The fourth-order valence-corrected chi connectivity index (χ4v) is 5.63. The molecule has 144 valence electrons. The Morgan fingerprint density at radius 3 is 2.61 bits per heavy atom. The second-order valence-electron chi connectivity index (χ2n) is 5.96. The van der Waals surface area contributed by atoms with Crippen LogP contribution in [0.2, 0.25) is 5.02 Å². The quantitative estimate of drug-likeness (QED) is 0.436. The summed E-state index contributed by atoms with van der Waals surface area (Å²) in [6.07, 6.45) is 0. The van der Waals surface area contributed by atoms with E-state index in [0.717, 1.165) is 20.3 Å². The SMILES string of the molecule is CCn1c(=NC(=O)c2sc3ccccc3c2Cl)sc2cc(OC)cc(OC)c21. The molecule has 4 rings (SSSR count). The number of carbonyl (C=O) groups excluding carboxylic acids is 1. The molecule has 0 aliphatic rings. The van der Waals surface area contributed by atoms with E-state index < -0.39 is 0 Å². The van der Waals surface area contributed by atoms with Gasteiger partial charge < -0.3 is 14.0 Å². The summed E-state index contributed by atoms with van der Waals surface area (Å²) in [4.78, 5) is 18.4. The van der Waals surface area contributed by atoms with Gasteiger partial charge >= 0.3 is 0 Å². The predicted octanol–water partition coefficient (Wildman–Crippen LogP) is 5.35. The second kappa shape index (κ2) is 7.58. The third-order valence-electron chi connectivity index (χ3n) is 4.41. The van der Waals surface area contributed by atoms with Crippen molar-refractivity contribution in [3.8, 4) is 11.5 Å². The van der Waals surface area contributed by atoms with Gasteiger partial charge in [-0.3, -0.25) is 4.79 Å². The van der Waals surface area contributed by atoms with E-state index in [0.29, 0.717) is 32.7 Å². The van der Waals surface area contributed by atoms with Crippen LogP contribution < -0.4 is 14.3 Å². The van der Waals surface area contributed by atoms with Crippen LogP contribution in [0.5, 0.6) is 11.5 Å². The highest BCUT2D eigenvalue weighted by atomic mass is 35.5. The predicted molar refractivity (Wildman–Crippen MR) is 115 cm³/mol. The van der Waals surface area contributed by atoms with Crippen LogP contribution in [-0.4, -0.2) is 24.7 Å². The number of thiazole rings is 1. The summed E-state index contributed by atoms with van der Waals surface area (Å²) in [5.74, 6) is 1.03. The Labute approximate surface area is 174 Å². The van der Waals surface area contributed by atoms with E-state index in [1.807, 2.05) is 47.9 Å². The number of aryl methyl sites for hydroxylation is 1. The summed E-state index contributed by atoms with van der Waals surface area (Å²) >= 11 is 9.23. The van der Waals surface area contributed by atoms with Crippen LogP contribution in [0.3, 0.4) is 0 Å². The molecule has 0 N–H and O–H groups in total. The van der Waals surface area contributed by atoms with Gasteiger partial charge in [0.15, 0.2) is 4.80 Å². The number of hydrogen-bond donors (Lipinski definition) is 0. The molecule has 0 saturated carbocycles. The number of rotatable bonds is 4. The van der Waals surface area contributed by atoms with Crippen LogP contribution in [0.1, 0.15) is 16.6 Å². The fourth-order valence-electron chi connectivity index (χ4n) is 3.09. The minimum atomic E-state index is -0.342. The summed E-state index contributed by atoms with van der Waals surface area (Å²) in [5, 5.41) is 1.33. The van der Waals surface area contributed by atoms with Gasteiger partial charge in [-0.15, -0.1) is 11.3 Å². The van der Waals surface area contributed by atoms with E-state index in [1.165, 1.54) is 22.7 Å². The van der Waals surface area contributed by atoms with E-state index in [2.05, 4.69) is 4.99 Å². The van der Waals surface area contributed by atoms with Crippen LogP contribution in [0.4, 0.5) is 0 Å². The van der Waals surface area contributed by atoms with E-state index in [9.17, 15) is 4.79 Å². The van der Waals surface area contributed by atoms with E-state index in [-0.39, 0.29) is 5.91 Å². The van der Waals surface area contributed by atoms with Gasteiger partial charge in [0, 0.05) is 22.7 Å². The van der Waals surface area contributed by atoms with Crippen molar-refractivity contribution in [3.05, 3.63) is 51.1 Å². The first-order chi connectivity index (χ1) is 13.6. The zero-order valence-corrected chi connectivity index (χ0v) is 17.9. The van der Waals surface area contributed by atoms with Crippen molar-refractivity contribution in [2.45, 2.75) is 13.5 Å². The minimum Gasteiger partial charge on any atom is -0.497 e. The highest BCUT2D eigenvalue weighted by molar-refractivity contribution is 7.21. The van der Waals surface area contributed by atoms with Gasteiger partial charge in [-0.1, -0.05) is 41.1 Å². The van der Waals surface area contributed by atoms with Crippen molar-refractivity contribution < 1.29 is 14.3 Å². The Morgan fingerprint density at radius 2 is 1.93 bits per heavy atom. The number of benzene rings is 2. The molecule has 2 heterocycles. The van der Waals surface area contributed by atoms with Crippen molar-refractivity contribution >= 4 is 60.5 Å². The zero-order chi connectivity index (χ0) is 19.8. The monoisotopic (exact) mass is 432 g/mol. The molecule has 0 aliphatic carbocycles. The maximum absolute atomic E-state index is 12.9. The number of aromatic nitrogens is 1. The molecule has 0 fully saturated rings. The first kappa shape index (κ1) is 19.0. The third kappa shape index (κ3) is 3.09. The fraction of sp³-hybridized carbons (Fsp3) is 0.200. The number of nitrogens with zero attached hydrogens (tertiary/aromatic N) is 2. The van der Waals surface area contributed by atoms with Crippen LogP contribution in [-0.2, 0) is 6.54 Å². The maximum atomic E-state index is 12.9. The van der Waals surface area contributed by atoms with Crippen molar-refractivity contribution in [2.75, 3.05) is 14.2 Å². The Balaban J connectivity index is 1.91.